The van der Waals surface area contributed by atoms with Gasteiger partial charge in [0.1, 0.15) is 6.04 Å². The normalized spacial score (nSPS) is 18.6. The Kier molecular flexibility index (Phi) is 9.61. The molecule has 0 bridgehead atoms. The van der Waals surface area contributed by atoms with Gasteiger partial charge in [-0.3, -0.25) is 9.59 Å². The van der Waals surface area contributed by atoms with Crippen LogP contribution in [0.5, 0.6) is 0 Å². The van der Waals surface area contributed by atoms with Crippen molar-refractivity contribution >= 4 is 24.2 Å². The van der Waals surface area contributed by atoms with Crippen LogP contribution in [-0.4, -0.2) is 42.4 Å². The first-order chi connectivity index (χ1) is 8.70. The predicted octanol–water partition coefficient (Wildman–Crippen LogP) is 1.05. The van der Waals surface area contributed by atoms with Crippen LogP contribution in [0.2, 0.25) is 0 Å². The van der Waals surface area contributed by atoms with Gasteiger partial charge in [-0.1, -0.05) is 6.92 Å². The average molecular weight is 292 g/mol. The number of hydrogen-bond donors (Lipinski definition) is 2. The molecule has 5 nitrogen and oxygen atoms in total. The quantitative estimate of drug-likeness (QED) is 0.719. The molecule has 0 spiro atoms. The SMILES string of the molecule is CCC(=O)N1CCCCC1C(=O)NCCCCN.Cl. The molecule has 0 aromatic rings. The van der Waals surface area contributed by atoms with E-state index in [9.17, 15) is 9.59 Å². The molecule has 112 valence electrons. The summed E-state index contributed by atoms with van der Waals surface area (Å²) >= 11 is 0. The molecule has 1 rings (SSSR count). The number of likely N-dealkylation sites (tertiary alicyclic amines) is 1. The van der Waals surface area contributed by atoms with Gasteiger partial charge < -0.3 is 16.0 Å². The fourth-order valence-corrected chi connectivity index (χ4v) is 2.30. The fourth-order valence-electron chi connectivity index (χ4n) is 2.30. The maximum absolute atomic E-state index is 12.1. The first-order valence-electron chi connectivity index (χ1n) is 6.98. The van der Waals surface area contributed by atoms with E-state index in [-0.39, 0.29) is 30.3 Å². The van der Waals surface area contributed by atoms with E-state index in [1.807, 2.05) is 6.92 Å². The first kappa shape index (κ1) is 18.2. The van der Waals surface area contributed by atoms with E-state index in [1.165, 1.54) is 0 Å². The van der Waals surface area contributed by atoms with Gasteiger partial charge >= 0.3 is 0 Å². The summed E-state index contributed by atoms with van der Waals surface area (Å²) in [7, 11) is 0. The van der Waals surface area contributed by atoms with Gasteiger partial charge in [-0.25, -0.2) is 0 Å². The molecule has 6 heteroatoms. The van der Waals surface area contributed by atoms with Crippen molar-refractivity contribution < 1.29 is 9.59 Å². The van der Waals surface area contributed by atoms with Crippen molar-refractivity contribution in [2.24, 2.45) is 5.73 Å². The zero-order valence-corrected chi connectivity index (χ0v) is 12.5. The molecule has 1 saturated heterocycles. The van der Waals surface area contributed by atoms with Gasteiger partial charge in [-0.15, -0.1) is 12.4 Å². The number of carbonyl (C=O) groups excluding carboxylic acids is 2. The molecule has 1 aliphatic rings. The Morgan fingerprint density at radius 2 is 2.05 bits per heavy atom. The van der Waals surface area contributed by atoms with Crippen LogP contribution in [0.3, 0.4) is 0 Å². The largest absolute Gasteiger partial charge is 0.354 e. The Hall–Kier alpha value is -0.810. The smallest absolute Gasteiger partial charge is 0.242 e. The second-order valence-corrected chi connectivity index (χ2v) is 4.74. The monoisotopic (exact) mass is 291 g/mol. The van der Waals surface area contributed by atoms with E-state index in [1.54, 1.807) is 4.90 Å². The van der Waals surface area contributed by atoms with Crippen LogP contribution >= 0.6 is 12.4 Å². The maximum atomic E-state index is 12.1. The standard InChI is InChI=1S/C13H25N3O2.ClH/c1-2-12(17)16-10-6-3-7-11(16)13(18)15-9-5-4-8-14;/h11H,2-10,14H2,1H3,(H,15,18);1H. The van der Waals surface area contributed by atoms with Gasteiger partial charge in [0.05, 0.1) is 0 Å². The van der Waals surface area contributed by atoms with Crippen molar-refractivity contribution in [3.8, 4) is 0 Å². The van der Waals surface area contributed by atoms with E-state index < -0.39 is 0 Å². The van der Waals surface area contributed by atoms with Gasteiger partial charge in [0.25, 0.3) is 0 Å². The zero-order valence-electron chi connectivity index (χ0n) is 11.7. The number of rotatable bonds is 6. The molecule has 0 aliphatic carbocycles. The lowest BCUT2D eigenvalue weighted by atomic mass is 10.0. The average Bonchev–Trinajstić information content (AvgIpc) is 2.42. The topological polar surface area (TPSA) is 75.4 Å². The van der Waals surface area contributed by atoms with Crippen molar-refractivity contribution in [2.75, 3.05) is 19.6 Å². The van der Waals surface area contributed by atoms with Crippen molar-refractivity contribution in [3.63, 3.8) is 0 Å². The third kappa shape index (κ3) is 5.78. The molecule has 0 aromatic heterocycles. The van der Waals surface area contributed by atoms with Gasteiger partial charge in [0.2, 0.25) is 11.8 Å². The zero-order chi connectivity index (χ0) is 13.4. The minimum absolute atomic E-state index is 0. The molecule has 1 heterocycles. The summed E-state index contributed by atoms with van der Waals surface area (Å²) in [5.74, 6) is 0.0744. The molecular weight excluding hydrogens is 266 g/mol. The molecular formula is C13H26ClN3O2. The van der Waals surface area contributed by atoms with E-state index in [4.69, 9.17) is 5.73 Å². The summed E-state index contributed by atoms with van der Waals surface area (Å²) < 4.78 is 0. The number of hydrogen-bond acceptors (Lipinski definition) is 3. The summed E-state index contributed by atoms with van der Waals surface area (Å²) in [6.45, 7) is 3.86. The highest BCUT2D eigenvalue weighted by molar-refractivity contribution is 5.87. The molecule has 1 aliphatic heterocycles. The number of nitrogens with two attached hydrogens (primary N) is 1. The Labute approximate surface area is 121 Å². The minimum Gasteiger partial charge on any atom is -0.354 e. The number of piperidine rings is 1. The Bertz CT molecular complexity index is 287. The highest BCUT2D eigenvalue weighted by Gasteiger charge is 2.30. The van der Waals surface area contributed by atoms with Crippen LogP contribution < -0.4 is 11.1 Å². The van der Waals surface area contributed by atoms with Crippen molar-refractivity contribution in [2.45, 2.75) is 51.5 Å². The van der Waals surface area contributed by atoms with Crippen LogP contribution in [0, 0.1) is 0 Å². The second kappa shape index (κ2) is 10.0. The van der Waals surface area contributed by atoms with E-state index >= 15 is 0 Å². The molecule has 0 saturated carbocycles. The van der Waals surface area contributed by atoms with Gasteiger partial charge in [0.15, 0.2) is 0 Å². The van der Waals surface area contributed by atoms with Crippen LogP contribution in [0.4, 0.5) is 0 Å². The highest BCUT2D eigenvalue weighted by atomic mass is 35.5. The minimum atomic E-state index is -0.260. The molecule has 3 N–H and O–H groups in total. The summed E-state index contributed by atoms with van der Waals surface area (Å²) in [4.78, 5) is 25.6. The van der Waals surface area contributed by atoms with Crippen molar-refractivity contribution in [1.82, 2.24) is 10.2 Å². The number of nitrogens with zero attached hydrogens (tertiary/aromatic N) is 1. The molecule has 1 atom stereocenters. The summed E-state index contributed by atoms with van der Waals surface area (Å²) in [5.41, 5.74) is 5.40. The van der Waals surface area contributed by atoms with Crippen LogP contribution in [0.25, 0.3) is 0 Å². The fraction of sp³-hybridized carbons (Fsp3) is 0.846. The lowest BCUT2D eigenvalue weighted by Gasteiger charge is -2.34. The Balaban J connectivity index is 0.00000324. The molecule has 1 fully saturated rings. The number of carbonyl (C=O) groups is 2. The van der Waals surface area contributed by atoms with E-state index in [2.05, 4.69) is 5.32 Å². The Morgan fingerprint density at radius 3 is 2.68 bits per heavy atom. The number of amides is 2. The van der Waals surface area contributed by atoms with Gasteiger partial charge in [0, 0.05) is 19.5 Å². The number of unbranched alkanes of at least 4 members (excludes halogenated alkanes) is 1. The number of nitrogens with one attached hydrogen (secondary N) is 1. The summed E-state index contributed by atoms with van der Waals surface area (Å²) in [6.07, 6.45) is 5.10. The maximum Gasteiger partial charge on any atom is 0.242 e. The Morgan fingerprint density at radius 1 is 1.32 bits per heavy atom. The second-order valence-electron chi connectivity index (χ2n) is 4.74. The third-order valence-electron chi connectivity index (χ3n) is 3.36. The van der Waals surface area contributed by atoms with Gasteiger partial charge in [-0.2, -0.15) is 0 Å². The van der Waals surface area contributed by atoms with Crippen LogP contribution in [0.15, 0.2) is 0 Å². The molecule has 0 aromatic carbocycles. The summed E-state index contributed by atoms with van der Waals surface area (Å²) in [5, 5.41) is 2.91. The number of halogens is 1. The van der Waals surface area contributed by atoms with Crippen molar-refractivity contribution in [1.29, 1.82) is 0 Å². The lowest BCUT2D eigenvalue weighted by molar-refractivity contribution is -0.142. The summed E-state index contributed by atoms with van der Waals surface area (Å²) in [6, 6.07) is -0.260. The van der Waals surface area contributed by atoms with E-state index in [0.29, 0.717) is 26.1 Å². The molecule has 1 unspecified atom stereocenters. The highest BCUT2D eigenvalue weighted by Crippen LogP contribution is 2.18. The van der Waals surface area contributed by atoms with Crippen LogP contribution in [0.1, 0.15) is 45.4 Å². The first-order valence-corrected chi connectivity index (χ1v) is 6.98. The van der Waals surface area contributed by atoms with E-state index in [0.717, 1.165) is 32.1 Å². The molecule has 0 radical (unpaired) electrons. The molecule has 2 amide bonds. The van der Waals surface area contributed by atoms with Crippen molar-refractivity contribution in [3.05, 3.63) is 0 Å². The lowest BCUT2D eigenvalue weighted by Crippen LogP contribution is -2.51. The molecule has 19 heavy (non-hydrogen) atoms. The third-order valence-corrected chi connectivity index (χ3v) is 3.36. The van der Waals surface area contributed by atoms with Crippen LogP contribution in [-0.2, 0) is 9.59 Å². The predicted molar refractivity (Wildman–Crippen MR) is 78.2 cm³/mol. The van der Waals surface area contributed by atoms with Gasteiger partial charge in [-0.05, 0) is 38.6 Å².